The van der Waals surface area contributed by atoms with Crippen LogP contribution in [0.25, 0.3) is 6.08 Å². The molecule has 0 radical (unpaired) electrons. The third-order valence-electron chi connectivity index (χ3n) is 7.97. The highest BCUT2D eigenvalue weighted by Crippen LogP contribution is 2.42. The van der Waals surface area contributed by atoms with E-state index in [1.54, 1.807) is 12.1 Å². The molecule has 0 aromatic heterocycles. The van der Waals surface area contributed by atoms with Crippen LogP contribution in [0.4, 0.5) is 4.39 Å². The number of rotatable bonds is 11. The molecule has 0 amide bonds. The summed E-state index contributed by atoms with van der Waals surface area (Å²) in [6.45, 7) is 4.98. The summed E-state index contributed by atoms with van der Waals surface area (Å²) in [6, 6.07) is 3.60. The first-order valence-corrected chi connectivity index (χ1v) is 13.8. The quantitative estimate of drug-likeness (QED) is 0.297. The zero-order valence-corrected chi connectivity index (χ0v) is 21.1. The Kier molecular flexibility index (Phi) is 10.9. The van der Waals surface area contributed by atoms with Crippen molar-refractivity contribution in [2.75, 3.05) is 6.61 Å². The van der Waals surface area contributed by atoms with Crippen LogP contribution in [-0.4, -0.2) is 6.61 Å². The van der Waals surface area contributed by atoms with Crippen molar-refractivity contribution in [3.8, 4) is 5.75 Å². The van der Waals surface area contributed by atoms with E-state index in [1.165, 1.54) is 77.0 Å². The van der Waals surface area contributed by atoms with E-state index in [-0.39, 0.29) is 10.8 Å². The molecule has 0 atom stereocenters. The maximum Gasteiger partial charge on any atom is 0.152 e. The first-order valence-electron chi connectivity index (χ1n) is 13.4. The van der Waals surface area contributed by atoms with Crippen LogP contribution >= 0.6 is 11.6 Å². The Morgan fingerprint density at radius 1 is 0.906 bits per heavy atom. The summed E-state index contributed by atoms with van der Waals surface area (Å²) in [7, 11) is 0. The van der Waals surface area contributed by atoms with Gasteiger partial charge in [0.15, 0.2) is 5.82 Å². The second kappa shape index (κ2) is 13.6. The van der Waals surface area contributed by atoms with Gasteiger partial charge in [-0.1, -0.05) is 82.5 Å². The number of hydrogen-bond acceptors (Lipinski definition) is 1. The van der Waals surface area contributed by atoms with Gasteiger partial charge in [0.1, 0.15) is 10.8 Å². The van der Waals surface area contributed by atoms with Crippen LogP contribution in [0, 0.1) is 29.5 Å². The van der Waals surface area contributed by atoms with Crippen molar-refractivity contribution in [1.82, 2.24) is 0 Å². The Labute approximate surface area is 201 Å². The summed E-state index contributed by atoms with van der Waals surface area (Å²) >= 11 is 6.22. The molecule has 180 valence electrons. The van der Waals surface area contributed by atoms with Crippen molar-refractivity contribution in [1.29, 1.82) is 0 Å². The minimum atomic E-state index is -0.360. The molecule has 2 fully saturated rings. The van der Waals surface area contributed by atoms with Crippen molar-refractivity contribution < 1.29 is 9.13 Å². The molecule has 3 rings (SSSR count). The first kappa shape index (κ1) is 25.6. The molecule has 0 aliphatic heterocycles. The zero-order valence-electron chi connectivity index (χ0n) is 20.4. The van der Waals surface area contributed by atoms with Gasteiger partial charge in [0, 0.05) is 5.56 Å². The average Bonchev–Trinajstić information content (AvgIpc) is 2.82. The maximum atomic E-state index is 14.7. The predicted molar refractivity (Wildman–Crippen MR) is 136 cm³/mol. The lowest BCUT2D eigenvalue weighted by Crippen LogP contribution is -2.25. The molecular formula is C29H44ClFO. The minimum absolute atomic E-state index is 0.109. The van der Waals surface area contributed by atoms with Crippen molar-refractivity contribution in [2.24, 2.45) is 23.7 Å². The van der Waals surface area contributed by atoms with Gasteiger partial charge in [0.05, 0.1) is 6.61 Å². The van der Waals surface area contributed by atoms with Gasteiger partial charge in [-0.3, -0.25) is 0 Å². The number of unbranched alkanes of at least 4 members (excludes halogenated alkanes) is 3. The number of benzene rings is 1. The van der Waals surface area contributed by atoms with Crippen molar-refractivity contribution in [3.05, 3.63) is 34.6 Å². The van der Waals surface area contributed by atoms with Crippen LogP contribution in [0.3, 0.4) is 0 Å². The lowest BCUT2D eigenvalue weighted by Gasteiger charge is -2.37. The van der Waals surface area contributed by atoms with E-state index in [0.717, 1.165) is 30.6 Å². The lowest BCUT2D eigenvalue weighted by atomic mass is 9.68. The van der Waals surface area contributed by atoms with Crippen molar-refractivity contribution >= 4 is 17.7 Å². The zero-order chi connectivity index (χ0) is 22.8. The summed E-state index contributed by atoms with van der Waals surface area (Å²) in [4.78, 5) is 0. The van der Waals surface area contributed by atoms with Gasteiger partial charge in [-0.15, -0.1) is 0 Å². The number of halogens is 2. The summed E-state index contributed by atoms with van der Waals surface area (Å²) in [6.07, 6.45) is 22.8. The van der Waals surface area contributed by atoms with Gasteiger partial charge in [0.25, 0.3) is 0 Å². The van der Waals surface area contributed by atoms with E-state index in [0.29, 0.717) is 23.8 Å². The topological polar surface area (TPSA) is 9.23 Å². The second-order valence-electron chi connectivity index (χ2n) is 10.3. The summed E-state index contributed by atoms with van der Waals surface area (Å²) in [5.74, 6) is 3.54. The van der Waals surface area contributed by atoms with Crippen LogP contribution in [0.15, 0.2) is 18.2 Å². The molecule has 1 nitrogen and oxygen atoms in total. The third kappa shape index (κ3) is 7.51. The van der Waals surface area contributed by atoms with Crippen LogP contribution in [0.2, 0.25) is 5.02 Å². The van der Waals surface area contributed by atoms with Crippen LogP contribution in [0.1, 0.15) is 109 Å². The SMILES string of the molecule is CCCCCC1CCC(C2CCC(/C=C/c3ccc(OCCCC)c(Cl)c3F)CC2)CC1. The van der Waals surface area contributed by atoms with E-state index in [9.17, 15) is 4.39 Å². The predicted octanol–water partition coefficient (Wildman–Crippen LogP) is 9.86. The Morgan fingerprint density at radius 3 is 2.22 bits per heavy atom. The molecular weight excluding hydrogens is 419 g/mol. The first-order chi connectivity index (χ1) is 15.6. The Balaban J connectivity index is 1.43. The number of ether oxygens (including phenoxy) is 1. The van der Waals surface area contributed by atoms with Crippen LogP contribution in [0.5, 0.6) is 5.75 Å². The minimum Gasteiger partial charge on any atom is -0.492 e. The van der Waals surface area contributed by atoms with Crippen LogP contribution < -0.4 is 4.74 Å². The van der Waals surface area contributed by atoms with E-state index in [1.807, 2.05) is 6.08 Å². The summed E-state index contributed by atoms with van der Waals surface area (Å²) < 4.78 is 20.3. The summed E-state index contributed by atoms with van der Waals surface area (Å²) in [5.41, 5.74) is 0.571. The normalized spacial score (nSPS) is 26.5. The molecule has 0 N–H and O–H groups in total. The fraction of sp³-hybridized carbons (Fsp3) is 0.724. The molecule has 1 aromatic carbocycles. The largest absolute Gasteiger partial charge is 0.492 e. The van der Waals surface area contributed by atoms with E-state index >= 15 is 0 Å². The highest BCUT2D eigenvalue weighted by Gasteiger charge is 2.30. The molecule has 2 aliphatic carbocycles. The molecule has 0 saturated heterocycles. The Morgan fingerprint density at radius 2 is 1.56 bits per heavy atom. The third-order valence-corrected chi connectivity index (χ3v) is 8.32. The molecule has 0 spiro atoms. The smallest absolute Gasteiger partial charge is 0.152 e. The molecule has 1 aromatic rings. The number of hydrogen-bond donors (Lipinski definition) is 0. The van der Waals surface area contributed by atoms with E-state index in [2.05, 4.69) is 19.9 Å². The van der Waals surface area contributed by atoms with Gasteiger partial charge in [-0.05, 0) is 80.8 Å². The second-order valence-corrected chi connectivity index (χ2v) is 10.7. The van der Waals surface area contributed by atoms with Gasteiger partial charge in [-0.2, -0.15) is 0 Å². The molecule has 2 aliphatic rings. The standard InChI is InChI=1S/C29H44ClFO/c1-3-5-7-8-22-9-14-24(15-10-22)25-16-11-23(12-17-25)13-18-26-19-20-27(28(30)29(26)31)32-21-6-4-2/h13,18-20,22-25H,3-12,14-17,21H2,1-2H3/b18-13+. The highest BCUT2D eigenvalue weighted by molar-refractivity contribution is 6.32. The fourth-order valence-corrected chi connectivity index (χ4v) is 6.02. The summed E-state index contributed by atoms with van der Waals surface area (Å²) in [5, 5.41) is 0.109. The highest BCUT2D eigenvalue weighted by atomic mass is 35.5. The fourth-order valence-electron chi connectivity index (χ4n) is 5.79. The molecule has 32 heavy (non-hydrogen) atoms. The van der Waals surface area contributed by atoms with Crippen molar-refractivity contribution in [3.63, 3.8) is 0 Å². The maximum absolute atomic E-state index is 14.7. The van der Waals surface area contributed by atoms with E-state index < -0.39 is 0 Å². The average molecular weight is 463 g/mol. The number of allylic oxidation sites excluding steroid dienone is 1. The van der Waals surface area contributed by atoms with Gasteiger partial charge in [0.2, 0.25) is 0 Å². The molecule has 0 bridgehead atoms. The lowest BCUT2D eigenvalue weighted by molar-refractivity contribution is 0.151. The van der Waals surface area contributed by atoms with Gasteiger partial charge < -0.3 is 4.74 Å². The van der Waals surface area contributed by atoms with Gasteiger partial charge >= 0.3 is 0 Å². The van der Waals surface area contributed by atoms with Gasteiger partial charge in [-0.25, -0.2) is 4.39 Å². The molecule has 0 heterocycles. The monoisotopic (exact) mass is 462 g/mol. The molecule has 3 heteroatoms. The Hall–Kier alpha value is -1.02. The van der Waals surface area contributed by atoms with Crippen molar-refractivity contribution in [2.45, 2.75) is 104 Å². The Bertz CT molecular complexity index is 699. The van der Waals surface area contributed by atoms with E-state index in [4.69, 9.17) is 16.3 Å². The molecule has 2 saturated carbocycles. The molecule has 0 unspecified atom stereocenters. The van der Waals surface area contributed by atoms with Crippen LogP contribution in [-0.2, 0) is 0 Å².